The van der Waals surface area contributed by atoms with Crippen LogP contribution in [0.5, 0.6) is 0 Å². The summed E-state index contributed by atoms with van der Waals surface area (Å²) in [6, 6.07) is 0.490. The van der Waals surface area contributed by atoms with Crippen molar-refractivity contribution in [2.45, 2.75) is 32.7 Å². The van der Waals surface area contributed by atoms with Gasteiger partial charge in [-0.1, -0.05) is 6.92 Å². The van der Waals surface area contributed by atoms with Gasteiger partial charge < -0.3 is 9.04 Å². The molecule has 0 aromatic rings. The standard InChI is InChI=1S/C9H21NO3S/c1-5-9(2)10(3,4)7-6-8-14(11,12)13/h9H,5-8H2,1-4H3. The topological polar surface area (TPSA) is 57.2 Å². The molecule has 0 spiro atoms. The Kier molecular flexibility index (Phi) is 5.05. The summed E-state index contributed by atoms with van der Waals surface area (Å²) in [4.78, 5) is 0. The molecule has 1 atom stereocenters. The third kappa shape index (κ3) is 5.57. The van der Waals surface area contributed by atoms with Crippen molar-refractivity contribution >= 4 is 10.1 Å². The van der Waals surface area contributed by atoms with Crippen LogP contribution in [0.2, 0.25) is 0 Å². The zero-order valence-corrected chi connectivity index (χ0v) is 10.3. The van der Waals surface area contributed by atoms with Crippen LogP contribution in [0.4, 0.5) is 0 Å². The largest absolute Gasteiger partial charge is 0.748 e. The van der Waals surface area contributed by atoms with Gasteiger partial charge in [-0.3, -0.25) is 0 Å². The molecule has 14 heavy (non-hydrogen) atoms. The Bertz CT molecular complexity index is 259. The summed E-state index contributed by atoms with van der Waals surface area (Å²) in [5, 5.41) is 0. The maximum absolute atomic E-state index is 10.4. The van der Waals surface area contributed by atoms with Crippen LogP contribution in [-0.4, -0.2) is 49.9 Å². The van der Waals surface area contributed by atoms with Gasteiger partial charge in [-0.15, -0.1) is 0 Å². The van der Waals surface area contributed by atoms with Gasteiger partial charge in [0.1, 0.15) is 0 Å². The molecule has 4 nitrogen and oxygen atoms in total. The van der Waals surface area contributed by atoms with Gasteiger partial charge in [0.05, 0.1) is 36.8 Å². The van der Waals surface area contributed by atoms with Crippen LogP contribution in [0.15, 0.2) is 0 Å². The van der Waals surface area contributed by atoms with Gasteiger partial charge >= 0.3 is 0 Å². The monoisotopic (exact) mass is 223 g/mol. The van der Waals surface area contributed by atoms with Crippen LogP contribution < -0.4 is 0 Å². The molecule has 0 aliphatic carbocycles. The average Bonchev–Trinajstić information content (AvgIpc) is 2.00. The van der Waals surface area contributed by atoms with Crippen molar-refractivity contribution in [3.05, 3.63) is 0 Å². The van der Waals surface area contributed by atoms with Crippen LogP contribution in [0.1, 0.15) is 26.7 Å². The van der Waals surface area contributed by atoms with Gasteiger partial charge in [0, 0.05) is 12.2 Å². The number of quaternary nitrogens is 1. The van der Waals surface area contributed by atoms with Crippen LogP contribution in [0, 0.1) is 0 Å². The van der Waals surface area contributed by atoms with E-state index in [-0.39, 0.29) is 5.75 Å². The van der Waals surface area contributed by atoms with Gasteiger partial charge in [-0.05, 0) is 13.3 Å². The van der Waals surface area contributed by atoms with Crippen molar-refractivity contribution < 1.29 is 17.5 Å². The minimum Gasteiger partial charge on any atom is -0.748 e. The molecule has 0 bridgehead atoms. The zero-order chi connectivity index (χ0) is 11.4. The van der Waals surface area contributed by atoms with Crippen molar-refractivity contribution in [3.63, 3.8) is 0 Å². The van der Waals surface area contributed by atoms with E-state index in [0.717, 1.165) is 17.4 Å². The van der Waals surface area contributed by atoms with Gasteiger partial charge in [0.2, 0.25) is 0 Å². The summed E-state index contributed by atoms with van der Waals surface area (Å²) in [5.74, 6) is -0.245. The van der Waals surface area contributed by atoms with Crippen molar-refractivity contribution in [3.8, 4) is 0 Å². The smallest absolute Gasteiger partial charge is 0.0948 e. The fraction of sp³-hybridized carbons (Fsp3) is 1.00. The van der Waals surface area contributed by atoms with Gasteiger partial charge in [-0.2, -0.15) is 0 Å². The molecule has 0 fully saturated rings. The molecule has 0 radical (unpaired) electrons. The minimum absolute atomic E-state index is 0.245. The Morgan fingerprint density at radius 1 is 1.36 bits per heavy atom. The molecule has 1 unspecified atom stereocenters. The van der Waals surface area contributed by atoms with E-state index in [1.807, 2.05) is 0 Å². The molecule has 0 aliphatic rings. The second kappa shape index (κ2) is 5.09. The van der Waals surface area contributed by atoms with Crippen LogP contribution in [0.25, 0.3) is 0 Å². The fourth-order valence-electron chi connectivity index (χ4n) is 1.36. The third-order valence-corrected chi connectivity index (χ3v) is 3.70. The molecule has 86 valence electrons. The Hall–Kier alpha value is -0.130. The molecule has 5 heteroatoms. The molecule has 0 N–H and O–H groups in total. The van der Waals surface area contributed by atoms with E-state index in [2.05, 4.69) is 27.9 Å². The molecular weight excluding hydrogens is 202 g/mol. The third-order valence-electron chi connectivity index (χ3n) is 2.91. The SMILES string of the molecule is CCC(C)[N+](C)(C)CCCS(=O)(=O)[O-]. The van der Waals surface area contributed by atoms with E-state index in [1.54, 1.807) is 0 Å². The van der Waals surface area contributed by atoms with E-state index in [9.17, 15) is 13.0 Å². The predicted octanol–water partition coefficient (Wildman–Crippen LogP) is 0.797. The Morgan fingerprint density at radius 3 is 2.21 bits per heavy atom. The highest BCUT2D eigenvalue weighted by Gasteiger charge is 2.21. The molecule has 0 aromatic carbocycles. The highest BCUT2D eigenvalue weighted by molar-refractivity contribution is 7.85. The Morgan fingerprint density at radius 2 is 1.86 bits per heavy atom. The van der Waals surface area contributed by atoms with Crippen LogP contribution in [-0.2, 0) is 10.1 Å². The lowest BCUT2D eigenvalue weighted by Crippen LogP contribution is -2.47. The maximum Gasteiger partial charge on any atom is 0.0948 e. The second-order valence-corrected chi connectivity index (χ2v) is 5.90. The number of hydrogen-bond acceptors (Lipinski definition) is 3. The summed E-state index contributed by atoms with van der Waals surface area (Å²) in [7, 11) is 0.0832. The lowest BCUT2D eigenvalue weighted by molar-refractivity contribution is -0.913. The van der Waals surface area contributed by atoms with Crippen molar-refractivity contribution in [2.75, 3.05) is 26.4 Å². The first-order chi connectivity index (χ1) is 6.19. The van der Waals surface area contributed by atoms with E-state index >= 15 is 0 Å². The van der Waals surface area contributed by atoms with E-state index in [0.29, 0.717) is 12.5 Å². The quantitative estimate of drug-likeness (QED) is 0.494. The van der Waals surface area contributed by atoms with Crippen LogP contribution >= 0.6 is 0 Å². The van der Waals surface area contributed by atoms with Crippen molar-refractivity contribution in [1.82, 2.24) is 0 Å². The summed E-state index contributed by atoms with van der Waals surface area (Å²) >= 11 is 0. The molecule has 0 heterocycles. The summed E-state index contributed by atoms with van der Waals surface area (Å²) < 4.78 is 32.0. The minimum atomic E-state index is -4.04. The summed E-state index contributed by atoms with van der Waals surface area (Å²) in [5.41, 5.74) is 0. The number of rotatable bonds is 6. The predicted molar refractivity (Wildman–Crippen MR) is 55.9 cm³/mol. The molecule has 0 saturated heterocycles. The second-order valence-electron chi connectivity index (χ2n) is 4.37. The zero-order valence-electron chi connectivity index (χ0n) is 9.49. The molecule has 0 amide bonds. The van der Waals surface area contributed by atoms with Crippen molar-refractivity contribution in [1.29, 1.82) is 0 Å². The Balaban J connectivity index is 4.00. The summed E-state index contributed by atoms with van der Waals surface area (Å²) in [6.45, 7) is 4.97. The Labute approximate surface area is 87.3 Å². The van der Waals surface area contributed by atoms with E-state index in [1.165, 1.54) is 0 Å². The molecule has 0 rings (SSSR count). The normalized spacial score (nSPS) is 15.5. The molecule has 0 aliphatic heterocycles. The molecule has 0 aromatic heterocycles. The first-order valence-electron chi connectivity index (χ1n) is 4.95. The first kappa shape index (κ1) is 13.9. The first-order valence-corrected chi connectivity index (χ1v) is 6.53. The van der Waals surface area contributed by atoms with Gasteiger partial charge in [-0.25, -0.2) is 8.42 Å². The number of nitrogens with zero attached hydrogens (tertiary/aromatic N) is 1. The van der Waals surface area contributed by atoms with E-state index < -0.39 is 10.1 Å². The van der Waals surface area contributed by atoms with Crippen LogP contribution in [0.3, 0.4) is 0 Å². The lowest BCUT2D eigenvalue weighted by Gasteiger charge is -2.35. The van der Waals surface area contributed by atoms with Gasteiger partial charge in [0.15, 0.2) is 0 Å². The van der Waals surface area contributed by atoms with Gasteiger partial charge in [0.25, 0.3) is 0 Å². The lowest BCUT2D eigenvalue weighted by atomic mass is 10.2. The highest BCUT2D eigenvalue weighted by atomic mass is 32.2. The highest BCUT2D eigenvalue weighted by Crippen LogP contribution is 2.10. The molecule has 0 saturated carbocycles. The van der Waals surface area contributed by atoms with Crippen molar-refractivity contribution in [2.24, 2.45) is 0 Å². The number of hydrogen-bond donors (Lipinski definition) is 0. The summed E-state index contributed by atoms with van der Waals surface area (Å²) in [6.07, 6.45) is 1.50. The molecular formula is C9H21NO3S. The fourth-order valence-corrected chi connectivity index (χ4v) is 1.85. The maximum atomic E-state index is 10.4. The average molecular weight is 223 g/mol. The van der Waals surface area contributed by atoms with E-state index in [4.69, 9.17) is 0 Å².